The standard InChI is InChI=1S/C31H35N3O6S/c1-5-15-33(2)41(37,38)32-30(35)21-11-13-26-27(18-21)34-19-23(31(36)40-4)16-22-17-24(39-3)12-14-25(22)29(34)28(26)20-9-7-6-8-10-20/h5,11-14,16-18,20H,1,6-10,15,19H2,2-4H3,(H,32,35). The van der Waals surface area contributed by atoms with E-state index in [1.165, 1.54) is 32.2 Å². The van der Waals surface area contributed by atoms with Gasteiger partial charge in [0.25, 0.3) is 5.91 Å². The number of rotatable bonds is 8. The Morgan fingerprint density at radius 2 is 1.88 bits per heavy atom. The highest BCUT2D eigenvalue weighted by molar-refractivity contribution is 7.87. The first-order valence-electron chi connectivity index (χ1n) is 13.7. The summed E-state index contributed by atoms with van der Waals surface area (Å²) in [6.45, 7) is 3.85. The second-order valence-corrected chi connectivity index (χ2v) is 12.3. The minimum Gasteiger partial charge on any atom is -0.497 e. The number of hydrogen-bond donors (Lipinski definition) is 1. The van der Waals surface area contributed by atoms with Crippen LogP contribution >= 0.6 is 0 Å². The van der Waals surface area contributed by atoms with Crippen LogP contribution in [0.4, 0.5) is 0 Å². The van der Waals surface area contributed by atoms with Crippen molar-refractivity contribution in [1.82, 2.24) is 13.6 Å². The normalized spacial score (nSPS) is 15.5. The molecule has 216 valence electrons. The van der Waals surface area contributed by atoms with E-state index in [0.717, 1.165) is 57.7 Å². The molecule has 0 radical (unpaired) electrons. The number of nitrogens with one attached hydrogen (secondary N) is 1. The van der Waals surface area contributed by atoms with Crippen molar-refractivity contribution in [2.24, 2.45) is 0 Å². The summed E-state index contributed by atoms with van der Waals surface area (Å²) in [5.74, 6) is -0.197. The molecule has 1 fully saturated rings. The minimum absolute atomic E-state index is 0.0610. The maximum atomic E-state index is 13.2. The predicted molar refractivity (Wildman–Crippen MR) is 159 cm³/mol. The number of ether oxygens (including phenoxy) is 2. The third kappa shape index (κ3) is 5.41. The average Bonchev–Trinajstić information content (AvgIpc) is 3.19. The van der Waals surface area contributed by atoms with Crippen LogP contribution in [0.5, 0.6) is 5.75 Å². The number of carbonyl (C=O) groups excluding carboxylic acids is 2. The molecule has 41 heavy (non-hydrogen) atoms. The van der Waals surface area contributed by atoms with E-state index in [9.17, 15) is 18.0 Å². The number of nitrogens with zero attached hydrogens (tertiary/aromatic N) is 2. The Bertz CT molecular complexity index is 1660. The molecule has 2 aliphatic rings. The third-order valence-corrected chi connectivity index (χ3v) is 9.43. The van der Waals surface area contributed by atoms with Gasteiger partial charge in [-0.05, 0) is 66.3 Å². The van der Waals surface area contributed by atoms with Crippen LogP contribution in [0.15, 0.2) is 54.6 Å². The summed E-state index contributed by atoms with van der Waals surface area (Å²) in [6, 6.07) is 11.1. The first kappa shape index (κ1) is 28.6. The number of amides is 1. The molecule has 5 rings (SSSR count). The van der Waals surface area contributed by atoms with E-state index >= 15 is 0 Å². The van der Waals surface area contributed by atoms with E-state index < -0.39 is 22.1 Å². The van der Waals surface area contributed by atoms with Crippen LogP contribution in [0.25, 0.3) is 28.2 Å². The summed E-state index contributed by atoms with van der Waals surface area (Å²) in [6.07, 6.45) is 8.84. The molecule has 0 spiro atoms. The molecule has 0 bridgehead atoms. The highest BCUT2D eigenvalue weighted by Gasteiger charge is 2.31. The molecule has 1 saturated carbocycles. The Balaban J connectivity index is 1.72. The molecule has 1 aliphatic heterocycles. The Morgan fingerprint density at radius 1 is 1.12 bits per heavy atom. The maximum Gasteiger partial charge on any atom is 0.335 e. The van der Waals surface area contributed by atoms with Crippen molar-refractivity contribution in [2.45, 2.75) is 44.6 Å². The molecule has 0 atom stereocenters. The quantitative estimate of drug-likeness (QED) is 0.297. The number of benzene rings is 2. The van der Waals surface area contributed by atoms with Crippen molar-refractivity contribution < 1.29 is 27.5 Å². The first-order valence-corrected chi connectivity index (χ1v) is 15.1. The number of methoxy groups -OCH3 is 2. The zero-order valence-electron chi connectivity index (χ0n) is 23.6. The van der Waals surface area contributed by atoms with Gasteiger partial charge in [-0.2, -0.15) is 12.7 Å². The van der Waals surface area contributed by atoms with Crippen LogP contribution in [0, 0.1) is 0 Å². The fourth-order valence-electron chi connectivity index (χ4n) is 5.97. The minimum atomic E-state index is -4.05. The lowest BCUT2D eigenvalue weighted by atomic mass is 9.81. The summed E-state index contributed by atoms with van der Waals surface area (Å²) in [5.41, 5.74) is 5.40. The van der Waals surface area contributed by atoms with Gasteiger partial charge in [0.05, 0.1) is 32.0 Å². The molecule has 3 aromatic rings. The molecular formula is C31H35N3O6S. The maximum absolute atomic E-state index is 13.2. The fraction of sp³-hybridized carbons (Fsp3) is 0.355. The molecule has 9 nitrogen and oxygen atoms in total. The topological polar surface area (TPSA) is 107 Å². The lowest BCUT2D eigenvalue weighted by Crippen LogP contribution is -2.41. The summed E-state index contributed by atoms with van der Waals surface area (Å²) >= 11 is 0. The SMILES string of the molecule is C=CCN(C)S(=O)(=O)NC(=O)c1ccc2c(C3CCCCC3)c3n(c2c1)CC(C(=O)OC)=Cc1cc(OC)ccc1-3. The van der Waals surface area contributed by atoms with Gasteiger partial charge in [-0.15, -0.1) is 6.58 Å². The fourth-order valence-corrected chi connectivity index (χ4v) is 6.78. The third-order valence-electron chi connectivity index (χ3n) is 8.02. The van der Waals surface area contributed by atoms with E-state index in [4.69, 9.17) is 9.47 Å². The highest BCUT2D eigenvalue weighted by atomic mass is 32.2. The van der Waals surface area contributed by atoms with Gasteiger partial charge in [0.15, 0.2) is 0 Å². The number of aromatic nitrogens is 1. The molecule has 1 aliphatic carbocycles. The zero-order valence-corrected chi connectivity index (χ0v) is 24.4. The zero-order chi connectivity index (χ0) is 29.3. The van der Waals surface area contributed by atoms with Crippen LogP contribution in [-0.2, 0) is 26.3 Å². The van der Waals surface area contributed by atoms with Gasteiger partial charge in [0.2, 0.25) is 0 Å². The van der Waals surface area contributed by atoms with Crippen molar-refractivity contribution in [3.63, 3.8) is 0 Å². The predicted octanol–water partition coefficient (Wildman–Crippen LogP) is 5.03. The van der Waals surface area contributed by atoms with Gasteiger partial charge in [-0.3, -0.25) is 4.79 Å². The lowest BCUT2D eigenvalue weighted by molar-refractivity contribution is -0.136. The van der Waals surface area contributed by atoms with Gasteiger partial charge < -0.3 is 14.0 Å². The van der Waals surface area contributed by atoms with E-state index in [1.807, 2.05) is 30.3 Å². The van der Waals surface area contributed by atoms with Gasteiger partial charge in [0, 0.05) is 35.6 Å². The van der Waals surface area contributed by atoms with Crippen LogP contribution in [0.1, 0.15) is 59.5 Å². The number of esters is 1. The molecule has 10 heteroatoms. The van der Waals surface area contributed by atoms with Crippen LogP contribution in [-0.4, -0.2) is 57.0 Å². The molecule has 2 heterocycles. The molecule has 1 N–H and O–H groups in total. The van der Waals surface area contributed by atoms with Crippen molar-refractivity contribution in [1.29, 1.82) is 0 Å². The first-order chi connectivity index (χ1) is 19.7. The molecule has 1 aromatic heterocycles. The average molecular weight is 578 g/mol. The van der Waals surface area contributed by atoms with E-state index in [1.54, 1.807) is 19.2 Å². The summed E-state index contributed by atoms with van der Waals surface area (Å²) in [5, 5.41) is 0.989. The Hall–Kier alpha value is -3.89. The second-order valence-electron chi connectivity index (χ2n) is 10.5. The largest absolute Gasteiger partial charge is 0.497 e. The number of fused-ring (bicyclic) bond motifs is 5. The van der Waals surface area contributed by atoms with E-state index in [2.05, 4.69) is 15.9 Å². The van der Waals surface area contributed by atoms with Gasteiger partial charge >= 0.3 is 16.2 Å². The smallest absolute Gasteiger partial charge is 0.335 e. The van der Waals surface area contributed by atoms with Crippen molar-refractivity contribution in [3.05, 3.63) is 71.3 Å². The van der Waals surface area contributed by atoms with Crippen LogP contribution in [0.3, 0.4) is 0 Å². The van der Waals surface area contributed by atoms with Crippen LogP contribution < -0.4 is 9.46 Å². The highest BCUT2D eigenvalue weighted by Crippen LogP contribution is 2.47. The van der Waals surface area contributed by atoms with E-state index in [-0.39, 0.29) is 18.7 Å². The van der Waals surface area contributed by atoms with Crippen molar-refractivity contribution >= 4 is 39.1 Å². The molecule has 2 aromatic carbocycles. The van der Waals surface area contributed by atoms with Crippen molar-refractivity contribution in [2.75, 3.05) is 27.8 Å². The molecule has 1 amide bonds. The Kier molecular flexibility index (Phi) is 8.06. The molecule has 0 unspecified atom stereocenters. The van der Waals surface area contributed by atoms with Crippen LogP contribution in [0.2, 0.25) is 0 Å². The van der Waals surface area contributed by atoms with E-state index in [0.29, 0.717) is 17.2 Å². The van der Waals surface area contributed by atoms with Gasteiger partial charge in [-0.1, -0.05) is 31.4 Å². The van der Waals surface area contributed by atoms with Gasteiger partial charge in [-0.25, -0.2) is 9.52 Å². The Labute approximate surface area is 240 Å². The Morgan fingerprint density at radius 3 is 2.56 bits per heavy atom. The molecule has 0 saturated heterocycles. The lowest BCUT2D eigenvalue weighted by Gasteiger charge is -2.24. The number of carbonyl (C=O) groups is 2. The summed E-state index contributed by atoms with van der Waals surface area (Å²) < 4.78 is 41.2. The number of likely N-dealkylation sites (N-methyl/N-ethyl adjacent to an activating group) is 1. The van der Waals surface area contributed by atoms with Gasteiger partial charge in [0.1, 0.15) is 5.75 Å². The number of hydrogen-bond acceptors (Lipinski definition) is 6. The second kappa shape index (κ2) is 11.5. The summed E-state index contributed by atoms with van der Waals surface area (Å²) in [4.78, 5) is 26.1. The monoisotopic (exact) mass is 577 g/mol. The molecular weight excluding hydrogens is 542 g/mol. The van der Waals surface area contributed by atoms with Crippen molar-refractivity contribution in [3.8, 4) is 17.0 Å². The summed E-state index contributed by atoms with van der Waals surface area (Å²) in [7, 11) is 0.280.